The number of aryl methyl sites for hydroxylation is 1. The minimum Gasteiger partial charge on any atom is -0.361 e. The van der Waals surface area contributed by atoms with Crippen molar-refractivity contribution in [2.45, 2.75) is 46.1 Å². The first-order valence-electron chi connectivity index (χ1n) is 13.1. The predicted molar refractivity (Wildman–Crippen MR) is 145 cm³/mol. The lowest BCUT2D eigenvalue weighted by Crippen LogP contribution is -2.30. The first-order valence-corrected chi connectivity index (χ1v) is 13.1. The van der Waals surface area contributed by atoms with E-state index in [1.165, 1.54) is 6.07 Å². The van der Waals surface area contributed by atoms with Crippen molar-refractivity contribution in [1.82, 2.24) is 19.4 Å². The van der Waals surface area contributed by atoms with Crippen molar-refractivity contribution in [3.05, 3.63) is 76.1 Å². The number of hydrogen-bond acceptors (Lipinski definition) is 3. The van der Waals surface area contributed by atoms with E-state index in [1.54, 1.807) is 24.5 Å². The standard InChI is InChI=1S/C30H31FN4O2.H2/c1-18-19(2)33-28(35(29(18)36)14-11-20-10-13-34(17-20)30(37)22-4-5-22)25-8-7-23(15-26(25)31)24-6-3-21-9-12-32-27(21)16-24;/h3,6-9,12,15-16,20,22,32H,4-5,10-11,13-14,17H2,1-2H3;1H/t20-;/m0./s1. The molecular weight excluding hydrogens is 467 g/mol. The zero-order valence-corrected chi connectivity index (χ0v) is 21.3. The Morgan fingerprint density at radius 3 is 2.68 bits per heavy atom. The Balaban J connectivity index is 0.00000294. The van der Waals surface area contributed by atoms with E-state index in [2.05, 4.69) is 9.97 Å². The lowest BCUT2D eigenvalue weighted by atomic mass is 10.0. The minimum absolute atomic E-state index is 0. The van der Waals surface area contributed by atoms with Crippen LogP contribution < -0.4 is 5.56 Å². The molecule has 6 nitrogen and oxygen atoms in total. The second-order valence-corrected chi connectivity index (χ2v) is 10.6. The molecule has 1 saturated carbocycles. The maximum Gasteiger partial charge on any atom is 0.256 e. The summed E-state index contributed by atoms with van der Waals surface area (Å²) in [6.45, 7) is 5.54. The van der Waals surface area contributed by atoms with E-state index in [0.29, 0.717) is 35.1 Å². The molecule has 2 aromatic heterocycles. The van der Waals surface area contributed by atoms with Crippen LogP contribution in [0.2, 0.25) is 0 Å². The molecule has 4 aromatic rings. The summed E-state index contributed by atoms with van der Waals surface area (Å²) >= 11 is 0. The van der Waals surface area contributed by atoms with Gasteiger partial charge in [0, 0.05) is 49.9 Å². The number of rotatable bonds is 6. The van der Waals surface area contributed by atoms with E-state index in [-0.39, 0.29) is 18.8 Å². The Morgan fingerprint density at radius 2 is 1.89 bits per heavy atom. The second kappa shape index (κ2) is 9.29. The van der Waals surface area contributed by atoms with Crippen LogP contribution in [0.4, 0.5) is 4.39 Å². The van der Waals surface area contributed by atoms with Crippen molar-refractivity contribution >= 4 is 16.8 Å². The van der Waals surface area contributed by atoms with Gasteiger partial charge in [0.2, 0.25) is 5.91 Å². The fourth-order valence-electron chi connectivity index (χ4n) is 5.44. The monoisotopic (exact) mass is 500 g/mol. The number of H-pyrrole nitrogens is 1. The van der Waals surface area contributed by atoms with Gasteiger partial charge in [-0.05, 0) is 86.2 Å². The third kappa shape index (κ3) is 4.47. The smallest absolute Gasteiger partial charge is 0.256 e. The number of aromatic nitrogens is 3. The number of carbonyl (C=O) groups excluding carboxylic acids is 1. The van der Waals surface area contributed by atoms with Crippen LogP contribution in [0, 0.1) is 31.5 Å². The van der Waals surface area contributed by atoms with Crippen molar-refractivity contribution in [3.8, 4) is 22.5 Å². The molecule has 0 bridgehead atoms. The Morgan fingerprint density at radius 1 is 1.11 bits per heavy atom. The molecule has 1 aliphatic heterocycles. The molecule has 6 rings (SSSR count). The molecule has 1 N–H and O–H groups in total. The number of halogens is 1. The van der Waals surface area contributed by atoms with E-state index in [0.717, 1.165) is 60.8 Å². The van der Waals surface area contributed by atoms with E-state index in [9.17, 15) is 9.59 Å². The Labute approximate surface area is 216 Å². The third-order valence-corrected chi connectivity index (χ3v) is 8.02. The number of hydrogen-bond donors (Lipinski definition) is 1. The topological polar surface area (TPSA) is 71.0 Å². The average Bonchev–Trinajstić information content (AvgIpc) is 3.45. The number of fused-ring (bicyclic) bond motifs is 1. The van der Waals surface area contributed by atoms with E-state index < -0.39 is 5.82 Å². The van der Waals surface area contributed by atoms with Crippen LogP contribution in [-0.2, 0) is 11.3 Å². The van der Waals surface area contributed by atoms with Crippen LogP contribution in [0.3, 0.4) is 0 Å². The molecular formula is C30H33FN4O2. The Kier molecular flexibility index (Phi) is 5.94. The van der Waals surface area contributed by atoms with Gasteiger partial charge in [-0.3, -0.25) is 14.2 Å². The molecule has 2 aromatic carbocycles. The van der Waals surface area contributed by atoms with Gasteiger partial charge in [0.05, 0.1) is 5.56 Å². The van der Waals surface area contributed by atoms with Crippen LogP contribution in [0.15, 0.2) is 53.5 Å². The summed E-state index contributed by atoms with van der Waals surface area (Å²) < 4.78 is 17.2. The van der Waals surface area contributed by atoms with Gasteiger partial charge in [-0.25, -0.2) is 9.37 Å². The highest BCUT2D eigenvalue weighted by Gasteiger charge is 2.36. The number of nitrogens with zero attached hydrogens (tertiary/aromatic N) is 3. The van der Waals surface area contributed by atoms with Gasteiger partial charge in [0.25, 0.3) is 5.56 Å². The van der Waals surface area contributed by atoms with Crippen LogP contribution in [0.1, 0.15) is 38.4 Å². The van der Waals surface area contributed by atoms with Crippen molar-refractivity contribution < 1.29 is 10.6 Å². The van der Waals surface area contributed by atoms with Gasteiger partial charge in [-0.2, -0.15) is 0 Å². The number of likely N-dealkylation sites (tertiary alicyclic amines) is 1. The quantitative estimate of drug-likeness (QED) is 0.369. The molecule has 0 radical (unpaired) electrons. The van der Waals surface area contributed by atoms with Crippen LogP contribution in [-0.4, -0.2) is 38.4 Å². The van der Waals surface area contributed by atoms with Crippen LogP contribution >= 0.6 is 0 Å². The summed E-state index contributed by atoms with van der Waals surface area (Å²) in [5.74, 6) is 0.800. The van der Waals surface area contributed by atoms with Crippen LogP contribution in [0.5, 0.6) is 0 Å². The lowest BCUT2D eigenvalue weighted by Gasteiger charge is -2.18. The summed E-state index contributed by atoms with van der Waals surface area (Å²) in [4.78, 5) is 35.6. The van der Waals surface area contributed by atoms with E-state index >= 15 is 4.39 Å². The van der Waals surface area contributed by atoms with Crippen molar-refractivity contribution in [1.29, 1.82) is 0 Å². The summed E-state index contributed by atoms with van der Waals surface area (Å²) in [6.07, 6.45) is 5.60. The van der Waals surface area contributed by atoms with Crippen LogP contribution in [0.25, 0.3) is 33.4 Å². The van der Waals surface area contributed by atoms with Gasteiger partial charge in [0.15, 0.2) is 0 Å². The highest BCUT2D eigenvalue weighted by molar-refractivity contribution is 5.85. The summed E-state index contributed by atoms with van der Waals surface area (Å²) in [5.41, 5.74) is 4.06. The zero-order chi connectivity index (χ0) is 25.7. The fourth-order valence-corrected chi connectivity index (χ4v) is 5.44. The average molecular weight is 501 g/mol. The molecule has 37 heavy (non-hydrogen) atoms. The molecule has 0 unspecified atom stereocenters. The number of amides is 1. The highest BCUT2D eigenvalue weighted by atomic mass is 19.1. The van der Waals surface area contributed by atoms with Crippen molar-refractivity contribution in [2.75, 3.05) is 13.1 Å². The maximum atomic E-state index is 15.6. The van der Waals surface area contributed by atoms with Gasteiger partial charge in [-0.15, -0.1) is 0 Å². The Hall–Kier alpha value is -3.74. The molecule has 1 amide bonds. The normalized spacial score (nSPS) is 17.6. The summed E-state index contributed by atoms with van der Waals surface area (Å²) in [6, 6.07) is 13.1. The molecule has 2 aliphatic rings. The number of aromatic amines is 1. The van der Waals surface area contributed by atoms with E-state index in [4.69, 9.17) is 0 Å². The maximum absolute atomic E-state index is 15.6. The molecule has 1 atom stereocenters. The number of nitrogens with one attached hydrogen (secondary N) is 1. The number of benzene rings is 2. The second-order valence-electron chi connectivity index (χ2n) is 10.6. The summed E-state index contributed by atoms with van der Waals surface area (Å²) in [5, 5.41) is 1.10. The van der Waals surface area contributed by atoms with Crippen molar-refractivity contribution in [3.63, 3.8) is 0 Å². The van der Waals surface area contributed by atoms with Gasteiger partial charge in [-0.1, -0.05) is 18.2 Å². The molecule has 0 spiro atoms. The van der Waals surface area contributed by atoms with Gasteiger partial charge in [0.1, 0.15) is 11.6 Å². The fraction of sp³-hybridized carbons (Fsp3) is 0.367. The summed E-state index contributed by atoms with van der Waals surface area (Å²) in [7, 11) is 0. The Bertz CT molecular complexity index is 1570. The minimum atomic E-state index is -0.407. The van der Waals surface area contributed by atoms with E-state index in [1.807, 2.05) is 41.4 Å². The largest absolute Gasteiger partial charge is 0.361 e. The predicted octanol–water partition coefficient (Wildman–Crippen LogP) is 5.71. The molecule has 192 valence electrons. The first kappa shape index (κ1) is 23.6. The third-order valence-electron chi connectivity index (χ3n) is 8.02. The van der Waals surface area contributed by atoms with Gasteiger partial charge >= 0.3 is 0 Å². The molecule has 1 saturated heterocycles. The SMILES string of the molecule is Cc1nc(-c2ccc(-c3ccc4cc[nH]c4c3)cc2F)n(CC[C@@H]2CCN(C(=O)C3CC3)C2)c(=O)c1C.[HH]. The van der Waals surface area contributed by atoms with Gasteiger partial charge < -0.3 is 9.88 Å². The molecule has 2 fully saturated rings. The molecule has 7 heteroatoms. The molecule has 1 aliphatic carbocycles. The molecule has 3 heterocycles. The number of carbonyl (C=O) groups is 1. The highest BCUT2D eigenvalue weighted by Crippen LogP contribution is 2.34. The van der Waals surface area contributed by atoms with Crippen molar-refractivity contribution in [2.24, 2.45) is 11.8 Å². The zero-order valence-electron chi connectivity index (χ0n) is 21.3. The first-order chi connectivity index (χ1) is 17.9. The lowest BCUT2D eigenvalue weighted by molar-refractivity contribution is -0.131.